The van der Waals surface area contributed by atoms with Gasteiger partial charge in [0.05, 0.1) is 12.3 Å². The topological polar surface area (TPSA) is 67.5 Å². The van der Waals surface area contributed by atoms with Crippen molar-refractivity contribution in [2.24, 2.45) is 0 Å². The quantitative estimate of drug-likeness (QED) is 0.320. The number of benzene rings is 2. The summed E-state index contributed by atoms with van der Waals surface area (Å²) in [6.07, 6.45) is 3.35. The van der Waals surface area contributed by atoms with E-state index >= 15 is 0 Å². The third-order valence-corrected chi connectivity index (χ3v) is 6.01. The van der Waals surface area contributed by atoms with Gasteiger partial charge in [-0.05, 0) is 53.5 Å². The molecule has 0 aliphatic rings. The highest BCUT2D eigenvalue weighted by atomic mass is 16.5. The maximum absolute atomic E-state index is 11.0. The molecule has 0 spiro atoms. The molecule has 1 aromatic heterocycles. The summed E-state index contributed by atoms with van der Waals surface area (Å²) >= 11 is 0. The molecule has 0 atom stereocenters. The molecule has 0 fully saturated rings. The van der Waals surface area contributed by atoms with Crippen molar-refractivity contribution in [3.8, 4) is 23.0 Å². The molecule has 5 nitrogen and oxygen atoms in total. The number of hydrogen-bond donors (Lipinski definition) is 2. The fraction of sp³-hybridized carbons (Fsp3) is 0.500. The van der Waals surface area contributed by atoms with E-state index in [-0.39, 0.29) is 10.8 Å². The summed E-state index contributed by atoms with van der Waals surface area (Å²) in [5.41, 5.74) is 4.46. The Hall–Kier alpha value is -2.79. The molecule has 1 heterocycles. The molecule has 35 heavy (non-hydrogen) atoms. The van der Waals surface area contributed by atoms with Crippen LogP contribution in [0.2, 0.25) is 0 Å². The minimum Gasteiger partial charge on any atom is -0.507 e. The number of phenols is 1. The summed E-state index contributed by atoms with van der Waals surface area (Å²) in [7, 11) is 0. The van der Waals surface area contributed by atoms with E-state index in [0.29, 0.717) is 24.3 Å². The molecule has 0 bridgehead atoms. The number of oxazole rings is 1. The fourth-order valence-corrected chi connectivity index (χ4v) is 3.92. The minimum atomic E-state index is -0.198. The Morgan fingerprint density at radius 2 is 1.57 bits per heavy atom. The lowest BCUT2D eigenvalue weighted by molar-refractivity contribution is 0.310. The number of aromatic hydroxyl groups is 1. The highest BCUT2D eigenvalue weighted by Crippen LogP contribution is 2.41. The molecule has 0 aliphatic heterocycles. The molecule has 3 aromatic rings. The van der Waals surface area contributed by atoms with Crippen molar-refractivity contribution in [2.45, 2.75) is 91.6 Å². The van der Waals surface area contributed by atoms with Crippen molar-refractivity contribution in [3.05, 3.63) is 65.0 Å². The van der Waals surface area contributed by atoms with Gasteiger partial charge in [0.1, 0.15) is 17.8 Å². The molecular formula is C30H42N2O3. The zero-order valence-corrected chi connectivity index (χ0v) is 22.7. The number of ether oxygens (including phenoxy) is 1. The van der Waals surface area contributed by atoms with Gasteiger partial charge in [-0.1, -0.05) is 67.5 Å². The Morgan fingerprint density at radius 1 is 0.971 bits per heavy atom. The summed E-state index contributed by atoms with van der Waals surface area (Å²) in [6.45, 7) is 18.4. The smallest absolute Gasteiger partial charge is 0.226 e. The van der Waals surface area contributed by atoms with E-state index in [0.717, 1.165) is 47.5 Å². The van der Waals surface area contributed by atoms with Gasteiger partial charge < -0.3 is 19.6 Å². The summed E-state index contributed by atoms with van der Waals surface area (Å²) < 4.78 is 11.8. The van der Waals surface area contributed by atoms with Crippen LogP contribution in [-0.2, 0) is 23.8 Å². The van der Waals surface area contributed by atoms with Gasteiger partial charge in [-0.15, -0.1) is 0 Å². The second-order valence-corrected chi connectivity index (χ2v) is 11.7. The zero-order chi connectivity index (χ0) is 25.8. The van der Waals surface area contributed by atoms with Crippen molar-refractivity contribution in [1.29, 1.82) is 0 Å². The Labute approximate surface area is 210 Å². The van der Waals surface area contributed by atoms with Crippen LogP contribution in [-0.4, -0.2) is 22.7 Å². The van der Waals surface area contributed by atoms with Crippen molar-refractivity contribution >= 4 is 0 Å². The van der Waals surface area contributed by atoms with Gasteiger partial charge in [0.25, 0.3) is 0 Å². The number of hydrogen-bond acceptors (Lipinski definition) is 5. The molecule has 0 aliphatic carbocycles. The van der Waals surface area contributed by atoms with Crippen molar-refractivity contribution in [3.63, 3.8) is 0 Å². The van der Waals surface area contributed by atoms with E-state index in [1.807, 2.05) is 24.3 Å². The molecular weight excluding hydrogens is 436 g/mol. The first-order valence-corrected chi connectivity index (χ1v) is 12.6. The molecule has 0 radical (unpaired) electrons. The highest BCUT2D eigenvalue weighted by Gasteiger charge is 2.27. The number of nitrogens with one attached hydrogen (secondary N) is 1. The van der Waals surface area contributed by atoms with Gasteiger partial charge in [-0.25, -0.2) is 4.98 Å². The van der Waals surface area contributed by atoms with Gasteiger partial charge in [0.15, 0.2) is 0 Å². The van der Waals surface area contributed by atoms with Gasteiger partial charge in [-0.2, -0.15) is 0 Å². The fourth-order valence-electron chi connectivity index (χ4n) is 3.92. The number of nitrogens with zero attached hydrogens (tertiary/aromatic N) is 1. The van der Waals surface area contributed by atoms with Crippen LogP contribution in [0.5, 0.6) is 11.5 Å². The average molecular weight is 479 g/mol. The summed E-state index contributed by atoms with van der Waals surface area (Å²) in [6, 6.07) is 12.7. The van der Waals surface area contributed by atoms with Crippen molar-refractivity contribution in [1.82, 2.24) is 10.3 Å². The highest BCUT2D eigenvalue weighted by molar-refractivity contribution is 5.63. The predicted octanol–water partition coefficient (Wildman–Crippen LogP) is 7.15. The lowest BCUT2D eigenvalue weighted by Crippen LogP contribution is -2.21. The number of rotatable bonds is 9. The van der Waals surface area contributed by atoms with Crippen LogP contribution in [0.1, 0.15) is 84.2 Å². The van der Waals surface area contributed by atoms with Gasteiger partial charge in [-0.3, -0.25) is 0 Å². The monoisotopic (exact) mass is 478 g/mol. The Kier molecular flexibility index (Phi) is 8.32. The SMILES string of the molecule is CC(C)NCc1ccc(OCCCc2coc(-c3cc(C(C)(C)C)c(O)c(C(C)(C)C)c3)n2)cc1. The van der Waals surface area contributed by atoms with E-state index in [4.69, 9.17) is 14.1 Å². The molecule has 0 saturated carbocycles. The van der Waals surface area contributed by atoms with Crippen LogP contribution in [0.4, 0.5) is 0 Å². The Balaban J connectivity index is 1.63. The van der Waals surface area contributed by atoms with Crippen LogP contribution < -0.4 is 10.1 Å². The predicted molar refractivity (Wildman–Crippen MR) is 143 cm³/mol. The van der Waals surface area contributed by atoms with Gasteiger partial charge in [0, 0.05) is 29.3 Å². The normalized spacial score (nSPS) is 12.4. The molecule has 0 unspecified atom stereocenters. The van der Waals surface area contributed by atoms with Crippen LogP contribution in [0.25, 0.3) is 11.5 Å². The maximum atomic E-state index is 11.0. The summed E-state index contributed by atoms with van der Waals surface area (Å²) in [4.78, 5) is 4.74. The largest absolute Gasteiger partial charge is 0.507 e. The molecule has 2 aromatic carbocycles. The third kappa shape index (κ3) is 7.35. The number of aryl methyl sites for hydroxylation is 1. The lowest BCUT2D eigenvalue weighted by Gasteiger charge is -2.27. The minimum absolute atomic E-state index is 0.198. The van der Waals surface area contributed by atoms with Crippen LogP contribution in [0.3, 0.4) is 0 Å². The van der Waals surface area contributed by atoms with E-state index in [1.54, 1.807) is 6.26 Å². The first-order valence-electron chi connectivity index (χ1n) is 12.6. The first kappa shape index (κ1) is 26.8. The van der Waals surface area contributed by atoms with Gasteiger partial charge >= 0.3 is 0 Å². The maximum Gasteiger partial charge on any atom is 0.226 e. The molecule has 0 amide bonds. The Bertz CT molecular complexity index is 1060. The van der Waals surface area contributed by atoms with Crippen molar-refractivity contribution in [2.75, 3.05) is 6.61 Å². The molecule has 0 saturated heterocycles. The summed E-state index contributed by atoms with van der Waals surface area (Å²) in [5.74, 6) is 1.83. The molecule has 3 rings (SSSR count). The standard InChI is InChI=1S/C30H42N2O3/c1-20(2)31-18-21-11-13-24(14-12-21)34-15-9-10-23-19-35-28(32-23)22-16-25(29(3,4)5)27(33)26(17-22)30(6,7)8/h11-14,16-17,19-20,31,33H,9-10,15,18H2,1-8H3. The zero-order valence-electron chi connectivity index (χ0n) is 22.7. The Morgan fingerprint density at radius 3 is 2.11 bits per heavy atom. The molecule has 2 N–H and O–H groups in total. The molecule has 5 heteroatoms. The third-order valence-electron chi connectivity index (χ3n) is 6.01. The van der Waals surface area contributed by atoms with Crippen molar-refractivity contribution < 1.29 is 14.3 Å². The van der Waals surface area contributed by atoms with Gasteiger partial charge in [0.2, 0.25) is 5.89 Å². The summed E-state index contributed by atoms with van der Waals surface area (Å²) in [5, 5.41) is 14.4. The van der Waals surface area contributed by atoms with E-state index in [9.17, 15) is 5.11 Å². The van der Waals surface area contributed by atoms with Crippen LogP contribution >= 0.6 is 0 Å². The number of phenolic OH excluding ortho intramolecular Hbond substituents is 1. The number of aromatic nitrogens is 1. The van der Waals surface area contributed by atoms with E-state index in [2.05, 4.69) is 72.8 Å². The van der Waals surface area contributed by atoms with Crippen LogP contribution in [0.15, 0.2) is 47.1 Å². The second kappa shape index (κ2) is 10.9. The average Bonchev–Trinajstić information content (AvgIpc) is 3.23. The second-order valence-electron chi connectivity index (χ2n) is 11.7. The van der Waals surface area contributed by atoms with E-state index in [1.165, 1.54) is 5.56 Å². The molecule has 190 valence electrons. The van der Waals surface area contributed by atoms with Crippen LogP contribution in [0, 0.1) is 0 Å². The lowest BCUT2D eigenvalue weighted by atomic mass is 9.78. The first-order chi connectivity index (χ1) is 16.3. The van der Waals surface area contributed by atoms with E-state index < -0.39 is 0 Å².